The molecule has 0 aliphatic heterocycles. The molecule has 0 aliphatic rings. The average Bonchev–Trinajstić information content (AvgIpc) is 3.13. The van der Waals surface area contributed by atoms with Crippen molar-refractivity contribution in [1.29, 1.82) is 0 Å². The summed E-state index contributed by atoms with van der Waals surface area (Å²) < 4.78 is 22.5. The lowest BCUT2D eigenvalue weighted by molar-refractivity contribution is 0.0959. The third-order valence-electron chi connectivity index (χ3n) is 2.71. The van der Waals surface area contributed by atoms with Gasteiger partial charge >= 0.3 is 7.60 Å². The fraction of sp³-hybridized carbons (Fsp3) is 0.273. The molecule has 0 fully saturated rings. The van der Waals surface area contributed by atoms with Crippen LogP contribution in [0, 0.1) is 0 Å². The second-order valence-electron chi connectivity index (χ2n) is 3.71. The van der Waals surface area contributed by atoms with Crippen LogP contribution in [0.15, 0.2) is 17.5 Å². The van der Waals surface area contributed by atoms with Crippen LogP contribution in [0.25, 0.3) is 10.4 Å². The maximum absolute atomic E-state index is 12.5. The lowest BCUT2D eigenvalue weighted by Crippen LogP contribution is -2.20. The summed E-state index contributed by atoms with van der Waals surface area (Å²) in [6, 6.07) is 3.63. The Morgan fingerprint density at radius 1 is 1.45 bits per heavy atom. The lowest BCUT2D eigenvalue weighted by atomic mass is 10.2. The predicted molar refractivity (Wildman–Crippen MR) is 76.5 cm³/mol. The summed E-state index contributed by atoms with van der Waals surface area (Å²) >= 11 is 1.40. The van der Waals surface area contributed by atoms with Crippen LogP contribution >= 0.6 is 18.9 Å². The molecule has 1 amide bonds. The molecule has 0 unspecified atom stereocenters. The number of thiophene rings is 1. The summed E-state index contributed by atoms with van der Waals surface area (Å²) in [6.45, 7) is 0. The molecule has 2 aromatic heterocycles. The van der Waals surface area contributed by atoms with E-state index in [0.29, 0.717) is 5.56 Å². The van der Waals surface area contributed by atoms with E-state index in [0.717, 1.165) is 4.88 Å². The molecule has 2 rings (SSSR count). The Labute approximate surface area is 119 Å². The number of aromatic amines is 1. The van der Waals surface area contributed by atoms with Crippen LogP contribution in [0.1, 0.15) is 10.5 Å². The van der Waals surface area contributed by atoms with Crippen molar-refractivity contribution in [2.75, 3.05) is 21.3 Å². The number of rotatable bonds is 5. The molecular formula is C11H14N3O4PS. The van der Waals surface area contributed by atoms with Gasteiger partial charge in [0, 0.05) is 26.1 Å². The molecule has 0 bridgehead atoms. The number of amides is 1. The van der Waals surface area contributed by atoms with Crippen molar-refractivity contribution in [3.63, 3.8) is 0 Å². The van der Waals surface area contributed by atoms with Gasteiger partial charge in [0.2, 0.25) is 0 Å². The topological polar surface area (TPSA) is 93.3 Å². The van der Waals surface area contributed by atoms with Crippen molar-refractivity contribution in [3.8, 4) is 10.4 Å². The highest BCUT2D eigenvalue weighted by Crippen LogP contribution is 2.48. The monoisotopic (exact) mass is 315 g/mol. The predicted octanol–water partition coefficient (Wildman–Crippen LogP) is 1.61. The lowest BCUT2D eigenvalue weighted by Gasteiger charge is -2.13. The third-order valence-corrected chi connectivity index (χ3v) is 5.43. The molecule has 0 aliphatic carbocycles. The number of hydrogen-bond donors (Lipinski definition) is 2. The highest BCUT2D eigenvalue weighted by atomic mass is 32.1. The first-order chi connectivity index (χ1) is 9.57. The maximum Gasteiger partial charge on any atom is 0.379 e. The second-order valence-corrected chi connectivity index (χ2v) is 6.84. The zero-order chi connectivity index (χ0) is 14.8. The molecular weight excluding hydrogens is 301 g/mol. The van der Waals surface area contributed by atoms with Gasteiger partial charge in [0.05, 0.1) is 5.56 Å². The van der Waals surface area contributed by atoms with E-state index >= 15 is 0 Å². The Kier molecular flexibility index (Phi) is 4.39. The van der Waals surface area contributed by atoms with Crippen molar-refractivity contribution in [1.82, 2.24) is 15.5 Å². The van der Waals surface area contributed by atoms with Gasteiger partial charge in [-0.05, 0) is 11.4 Å². The van der Waals surface area contributed by atoms with E-state index in [1.807, 2.05) is 11.4 Å². The molecule has 108 valence electrons. The van der Waals surface area contributed by atoms with Gasteiger partial charge in [-0.15, -0.1) is 11.3 Å². The SMILES string of the molecule is CNC(=O)c1n[nH]c(P(=O)(OC)OC)c1-c1cccs1. The molecule has 0 saturated carbocycles. The van der Waals surface area contributed by atoms with E-state index < -0.39 is 7.60 Å². The van der Waals surface area contributed by atoms with E-state index in [2.05, 4.69) is 15.5 Å². The standard InChI is InChI=1S/C11H14N3O4PS/c1-12-10(15)9-8(7-5-4-6-20-7)11(14-13-9)19(16,17-2)18-3/h4-6H,1-3H3,(H,12,15)(H,13,14). The van der Waals surface area contributed by atoms with Gasteiger partial charge in [-0.1, -0.05) is 6.07 Å². The highest BCUT2D eigenvalue weighted by Gasteiger charge is 2.34. The Bertz CT molecular complexity index is 645. The van der Waals surface area contributed by atoms with Gasteiger partial charge < -0.3 is 14.4 Å². The summed E-state index contributed by atoms with van der Waals surface area (Å²) in [4.78, 5) is 12.6. The summed E-state index contributed by atoms with van der Waals surface area (Å²) in [6.07, 6.45) is 0. The van der Waals surface area contributed by atoms with E-state index in [1.165, 1.54) is 32.6 Å². The Morgan fingerprint density at radius 3 is 2.65 bits per heavy atom. The van der Waals surface area contributed by atoms with Crippen LogP contribution in [0.4, 0.5) is 0 Å². The largest absolute Gasteiger partial charge is 0.379 e. The van der Waals surface area contributed by atoms with Crippen molar-refractivity contribution in [2.24, 2.45) is 0 Å². The van der Waals surface area contributed by atoms with Gasteiger partial charge in [-0.25, -0.2) is 0 Å². The Hall–Kier alpha value is -1.47. The van der Waals surface area contributed by atoms with Gasteiger partial charge in [0.1, 0.15) is 0 Å². The fourth-order valence-electron chi connectivity index (χ4n) is 1.72. The van der Waals surface area contributed by atoms with Crippen LogP contribution in [0.3, 0.4) is 0 Å². The quantitative estimate of drug-likeness (QED) is 0.818. The molecule has 7 nitrogen and oxygen atoms in total. The number of carbonyl (C=O) groups excluding carboxylic acids is 1. The minimum atomic E-state index is -3.53. The van der Waals surface area contributed by atoms with Crippen molar-refractivity contribution >= 4 is 30.3 Å². The Morgan fingerprint density at radius 2 is 2.15 bits per heavy atom. The van der Waals surface area contributed by atoms with E-state index in [1.54, 1.807) is 6.07 Å². The Balaban J connectivity index is 2.68. The van der Waals surface area contributed by atoms with Crippen molar-refractivity contribution in [2.45, 2.75) is 0 Å². The molecule has 0 aromatic carbocycles. The van der Waals surface area contributed by atoms with E-state index in [4.69, 9.17) is 9.05 Å². The van der Waals surface area contributed by atoms with Gasteiger partial charge in [-0.3, -0.25) is 14.5 Å². The van der Waals surface area contributed by atoms with Crippen LogP contribution in [0.2, 0.25) is 0 Å². The first-order valence-electron chi connectivity index (χ1n) is 5.63. The van der Waals surface area contributed by atoms with Crippen molar-refractivity contribution in [3.05, 3.63) is 23.2 Å². The van der Waals surface area contributed by atoms with Gasteiger partial charge in [0.25, 0.3) is 5.91 Å². The summed E-state index contributed by atoms with van der Waals surface area (Å²) in [5, 5.41) is 10.9. The fourth-order valence-corrected chi connectivity index (χ4v) is 3.77. The van der Waals surface area contributed by atoms with E-state index in [-0.39, 0.29) is 17.0 Å². The number of nitrogens with zero attached hydrogens (tertiary/aromatic N) is 1. The molecule has 2 aromatic rings. The summed E-state index contributed by atoms with van der Waals surface area (Å²) in [7, 11) is 0.529. The van der Waals surface area contributed by atoms with Gasteiger partial charge in [0.15, 0.2) is 11.1 Å². The van der Waals surface area contributed by atoms with Crippen LogP contribution in [-0.4, -0.2) is 37.4 Å². The second kappa shape index (κ2) is 5.88. The van der Waals surface area contributed by atoms with E-state index in [9.17, 15) is 9.36 Å². The molecule has 0 atom stereocenters. The normalized spacial score (nSPS) is 11.6. The average molecular weight is 315 g/mol. The molecule has 0 saturated heterocycles. The molecule has 0 spiro atoms. The molecule has 20 heavy (non-hydrogen) atoms. The summed E-state index contributed by atoms with van der Waals surface area (Å²) in [5.74, 6) is -0.380. The zero-order valence-corrected chi connectivity index (χ0v) is 12.9. The zero-order valence-electron chi connectivity index (χ0n) is 11.2. The van der Waals surface area contributed by atoms with Gasteiger partial charge in [-0.2, -0.15) is 5.10 Å². The summed E-state index contributed by atoms with van der Waals surface area (Å²) in [5.41, 5.74) is 0.759. The number of hydrogen-bond acceptors (Lipinski definition) is 6. The van der Waals surface area contributed by atoms with Crippen LogP contribution < -0.4 is 10.8 Å². The number of nitrogens with one attached hydrogen (secondary N) is 2. The minimum Gasteiger partial charge on any atom is -0.354 e. The van der Waals surface area contributed by atoms with Crippen LogP contribution in [0.5, 0.6) is 0 Å². The first kappa shape index (κ1) is 14.9. The number of carbonyl (C=O) groups is 1. The maximum atomic E-state index is 12.5. The molecule has 2 heterocycles. The minimum absolute atomic E-state index is 0.152. The number of aromatic nitrogens is 2. The molecule has 9 heteroatoms. The molecule has 2 N–H and O–H groups in total. The van der Waals surface area contributed by atoms with Crippen molar-refractivity contribution < 1.29 is 18.4 Å². The third kappa shape index (κ3) is 2.43. The highest BCUT2D eigenvalue weighted by molar-refractivity contribution is 7.62. The van der Waals surface area contributed by atoms with Crippen LogP contribution in [-0.2, 0) is 13.6 Å². The first-order valence-corrected chi connectivity index (χ1v) is 8.06. The number of H-pyrrole nitrogens is 1. The molecule has 0 radical (unpaired) electrons. The smallest absolute Gasteiger partial charge is 0.354 e.